The molecule has 0 radical (unpaired) electrons. The number of nitrogens with zero attached hydrogens (tertiary/aromatic N) is 3. The van der Waals surface area contributed by atoms with E-state index in [0.29, 0.717) is 5.92 Å². The number of unbranched alkanes of at least 4 members (excludes halogenated alkanes) is 1. The Balaban J connectivity index is 1.41. The second kappa shape index (κ2) is 11.9. The van der Waals surface area contributed by atoms with Crippen LogP contribution in [0.1, 0.15) is 50.5 Å². The number of aliphatic imine (C=N–C) groups is 1. The quantitative estimate of drug-likeness (QED) is 0.358. The third-order valence-corrected chi connectivity index (χ3v) is 6.54. The first-order valence-corrected chi connectivity index (χ1v) is 11.8. The van der Waals surface area contributed by atoms with Crippen LogP contribution in [0, 0.1) is 5.92 Å². The van der Waals surface area contributed by atoms with E-state index in [1.165, 1.54) is 5.56 Å². The second-order valence-electron chi connectivity index (χ2n) is 8.67. The second-order valence-corrected chi connectivity index (χ2v) is 8.67. The number of primary amides is 1. The molecule has 3 N–H and O–H groups in total. The van der Waals surface area contributed by atoms with Gasteiger partial charge in [0, 0.05) is 38.0 Å². The molecular formula is C24H39N5O2. The van der Waals surface area contributed by atoms with Crippen molar-refractivity contribution in [3.8, 4) is 5.75 Å². The summed E-state index contributed by atoms with van der Waals surface area (Å²) in [6.45, 7) is 8.97. The van der Waals surface area contributed by atoms with Crippen molar-refractivity contribution in [1.82, 2.24) is 15.1 Å². The molecule has 1 aromatic carbocycles. The van der Waals surface area contributed by atoms with E-state index in [4.69, 9.17) is 15.5 Å². The molecular weight excluding hydrogens is 390 g/mol. The maximum absolute atomic E-state index is 11.3. The lowest BCUT2D eigenvalue weighted by Gasteiger charge is -2.30. The van der Waals surface area contributed by atoms with Crippen molar-refractivity contribution in [3.63, 3.8) is 0 Å². The van der Waals surface area contributed by atoms with Crippen LogP contribution in [0.15, 0.2) is 29.3 Å². The first-order chi connectivity index (χ1) is 15.1. The topological polar surface area (TPSA) is 83.2 Å². The number of rotatable bonds is 9. The predicted molar refractivity (Wildman–Crippen MR) is 125 cm³/mol. The van der Waals surface area contributed by atoms with Crippen molar-refractivity contribution in [2.75, 3.05) is 52.9 Å². The summed E-state index contributed by atoms with van der Waals surface area (Å²) in [5.41, 5.74) is 6.80. The Morgan fingerprint density at radius 1 is 1.16 bits per heavy atom. The van der Waals surface area contributed by atoms with Gasteiger partial charge >= 0.3 is 0 Å². The normalized spacial score (nSPS) is 20.8. The Hall–Kier alpha value is -2.28. The molecule has 2 saturated heterocycles. The summed E-state index contributed by atoms with van der Waals surface area (Å²) >= 11 is 0. The molecule has 31 heavy (non-hydrogen) atoms. The number of guanidine groups is 1. The van der Waals surface area contributed by atoms with Crippen LogP contribution in [0.25, 0.3) is 0 Å². The average molecular weight is 430 g/mol. The number of carbonyl (C=O) groups excluding carboxylic acids is 1. The Labute approximate surface area is 187 Å². The predicted octanol–water partition coefficient (Wildman–Crippen LogP) is 2.43. The van der Waals surface area contributed by atoms with Crippen molar-refractivity contribution in [3.05, 3.63) is 29.8 Å². The number of nitrogens with one attached hydrogen (secondary N) is 1. The van der Waals surface area contributed by atoms with E-state index in [1.54, 1.807) is 7.11 Å². The van der Waals surface area contributed by atoms with Crippen LogP contribution in [0.4, 0.5) is 0 Å². The van der Waals surface area contributed by atoms with Gasteiger partial charge in [0.05, 0.1) is 7.11 Å². The summed E-state index contributed by atoms with van der Waals surface area (Å²) in [5.74, 6) is 2.43. The molecule has 7 nitrogen and oxygen atoms in total. The summed E-state index contributed by atoms with van der Waals surface area (Å²) in [6, 6.07) is 8.47. The third-order valence-electron chi connectivity index (χ3n) is 6.54. The first-order valence-electron chi connectivity index (χ1n) is 11.8. The summed E-state index contributed by atoms with van der Waals surface area (Å²) in [4.78, 5) is 21.0. The monoisotopic (exact) mass is 429 g/mol. The number of amides is 1. The van der Waals surface area contributed by atoms with E-state index < -0.39 is 0 Å². The van der Waals surface area contributed by atoms with Gasteiger partial charge in [-0.15, -0.1) is 0 Å². The van der Waals surface area contributed by atoms with Crippen molar-refractivity contribution < 1.29 is 9.53 Å². The largest absolute Gasteiger partial charge is 0.497 e. The van der Waals surface area contributed by atoms with E-state index in [-0.39, 0.29) is 11.8 Å². The highest BCUT2D eigenvalue weighted by Gasteiger charge is 2.26. The van der Waals surface area contributed by atoms with Crippen LogP contribution in [0.3, 0.4) is 0 Å². The molecule has 172 valence electrons. The molecule has 2 fully saturated rings. The highest BCUT2D eigenvalue weighted by Crippen LogP contribution is 2.28. The number of ether oxygens (including phenoxy) is 1. The average Bonchev–Trinajstić information content (AvgIpc) is 3.28. The van der Waals surface area contributed by atoms with Crippen molar-refractivity contribution in [1.29, 1.82) is 0 Å². The molecule has 2 heterocycles. The third kappa shape index (κ3) is 6.86. The zero-order valence-electron chi connectivity index (χ0n) is 19.2. The number of methoxy groups -OCH3 is 1. The van der Waals surface area contributed by atoms with E-state index in [2.05, 4.69) is 34.2 Å². The number of carbonyl (C=O) groups is 1. The fraction of sp³-hybridized carbons (Fsp3) is 0.667. The Morgan fingerprint density at radius 3 is 2.55 bits per heavy atom. The van der Waals surface area contributed by atoms with Gasteiger partial charge in [0.25, 0.3) is 0 Å². The minimum Gasteiger partial charge on any atom is -0.497 e. The maximum Gasteiger partial charge on any atom is 0.220 e. The van der Waals surface area contributed by atoms with Gasteiger partial charge in [-0.05, 0) is 76.4 Å². The summed E-state index contributed by atoms with van der Waals surface area (Å²) in [6.07, 6.45) is 5.18. The van der Waals surface area contributed by atoms with E-state index in [1.807, 2.05) is 12.1 Å². The number of nitrogens with two attached hydrogens (primary N) is 1. The number of likely N-dealkylation sites (tertiary alicyclic amines) is 2. The van der Waals surface area contributed by atoms with E-state index in [9.17, 15) is 4.79 Å². The molecule has 1 unspecified atom stereocenters. The number of benzene rings is 1. The van der Waals surface area contributed by atoms with Crippen LogP contribution in [-0.2, 0) is 4.79 Å². The SMILES string of the molecule is CCNC(=NCCCCN1CCC(C(N)=O)CC1)N1CCC(c2ccc(OC)cc2)C1. The fourth-order valence-electron chi connectivity index (χ4n) is 4.60. The van der Waals surface area contributed by atoms with Gasteiger partial charge in [0.1, 0.15) is 5.75 Å². The summed E-state index contributed by atoms with van der Waals surface area (Å²) < 4.78 is 5.28. The molecule has 0 aliphatic carbocycles. The molecule has 3 rings (SSSR count). The smallest absolute Gasteiger partial charge is 0.220 e. The van der Waals surface area contributed by atoms with Crippen LogP contribution < -0.4 is 15.8 Å². The lowest BCUT2D eigenvalue weighted by Crippen LogP contribution is -2.40. The molecule has 0 bridgehead atoms. The Bertz CT molecular complexity index is 713. The van der Waals surface area contributed by atoms with Crippen molar-refractivity contribution >= 4 is 11.9 Å². The minimum atomic E-state index is -0.138. The van der Waals surface area contributed by atoms with Gasteiger partial charge in [0.2, 0.25) is 5.91 Å². The van der Waals surface area contributed by atoms with Crippen molar-refractivity contribution in [2.45, 2.75) is 44.9 Å². The van der Waals surface area contributed by atoms with Crippen LogP contribution in [-0.4, -0.2) is 74.6 Å². The van der Waals surface area contributed by atoms with E-state index >= 15 is 0 Å². The lowest BCUT2D eigenvalue weighted by molar-refractivity contribution is -0.123. The lowest BCUT2D eigenvalue weighted by atomic mass is 9.96. The molecule has 2 aliphatic rings. The van der Waals surface area contributed by atoms with Gasteiger partial charge in [-0.3, -0.25) is 9.79 Å². The van der Waals surface area contributed by atoms with Crippen LogP contribution in [0.5, 0.6) is 5.75 Å². The van der Waals surface area contributed by atoms with Crippen molar-refractivity contribution in [2.24, 2.45) is 16.6 Å². The molecule has 1 aromatic rings. The molecule has 0 aromatic heterocycles. The minimum absolute atomic E-state index is 0.0747. The molecule has 1 atom stereocenters. The maximum atomic E-state index is 11.3. The summed E-state index contributed by atoms with van der Waals surface area (Å²) in [7, 11) is 1.71. The molecule has 7 heteroatoms. The van der Waals surface area contributed by atoms with E-state index in [0.717, 1.165) is 89.6 Å². The van der Waals surface area contributed by atoms with Crippen LogP contribution >= 0.6 is 0 Å². The first kappa shape index (κ1) is 23.4. The molecule has 0 spiro atoms. The standard InChI is InChI=1S/C24H39N5O2/c1-3-26-24(27-13-4-5-14-28-15-10-20(11-16-28)23(25)30)29-17-12-21(18-29)19-6-8-22(31-2)9-7-19/h6-9,20-21H,3-5,10-18H2,1-2H3,(H2,25,30)(H,26,27). The number of hydrogen-bond donors (Lipinski definition) is 2. The van der Waals surface area contributed by atoms with Gasteiger partial charge < -0.3 is 25.6 Å². The highest BCUT2D eigenvalue weighted by molar-refractivity contribution is 5.80. The van der Waals surface area contributed by atoms with Crippen LogP contribution in [0.2, 0.25) is 0 Å². The fourth-order valence-corrected chi connectivity index (χ4v) is 4.60. The zero-order valence-corrected chi connectivity index (χ0v) is 19.2. The van der Waals surface area contributed by atoms with Gasteiger partial charge in [-0.2, -0.15) is 0 Å². The summed E-state index contributed by atoms with van der Waals surface area (Å²) in [5, 5.41) is 3.47. The van der Waals surface area contributed by atoms with Gasteiger partial charge in [-0.1, -0.05) is 12.1 Å². The Kier molecular flexibility index (Phi) is 9.00. The number of hydrogen-bond acceptors (Lipinski definition) is 4. The van der Waals surface area contributed by atoms with Gasteiger partial charge in [-0.25, -0.2) is 0 Å². The zero-order chi connectivity index (χ0) is 22.1. The van der Waals surface area contributed by atoms with Gasteiger partial charge in [0.15, 0.2) is 5.96 Å². The molecule has 2 aliphatic heterocycles. The molecule has 0 saturated carbocycles. The molecule has 1 amide bonds. The highest BCUT2D eigenvalue weighted by atomic mass is 16.5. The Morgan fingerprint density at radius 2 is 1.90 bits per heavy atom. The number of piperidine rings is 1.